The molecule has 0 rings (SSSR count). The molecule has 1 atom stereocenters. The second kappa shape index (κ2) is 16.1. The van der Waals surface area contributed by atoms with E-state index in [-0.39, 0.29) is 19.0 Å². The Morgan fingerprint density at radius 1 is 1.12 bits per heavy atom. The highest BCUT2D eigenvalue weighted by molar-refractivity contribution is 5.87. The lowest BCUT2D eigenvalue weighted by Gasteiger charge is -2.24. The average Bonchev–Trinajstić information content (AvgIpc) is 2.58. The maximum absolute atomic E-state index is 11.6. The number of aliphatic hydroxyl groups excluding tert-OH is 2. The van der Waals surface area contributed by atoms with Crippen molar-refractivity contribution in [2.75, 3.05) is 26.2 Å². The summed E-state index contributed by atoms with van der Waals surface area (Å²) in [6.07, 6.45) is 11.6. The lowest BCUT2D eigenvalue weighted by Crippen LogP contribution is -2.45. The van der Waals surface area contributed by atoms with Gasteiger partial charge in [0.05, 0.1) is 13.2 Å². The quantitative estimate of drug-likeness (QED) is 0.189. The molecule has 1 unspecified atom stereocenters. The van der Waals surface area contributed by atoms with Crippen LogP contribution in [0.1, 0.15) is 58.3 Å². The number of carbonyl (C=O) groups excluding carboxylic acids is 1. The first-order chi connectivity index (χ1) is 12.0. The number of nitrogens with one attached hydrogen (secondary N) is 1. The SMILES string of the molecule is CCCCCCCCC/C=C/C(=O)NCCN(CC(=O)O)C(O)CO. The fourth-order valence-electron chi connectivity index (χ4n) is 2.41. The van der Waals surface area contributed by atoms with Crippen LogP contribution in [-0.4, -0.2) is 64.6 Å². The molecule has 7 nitrogen and oxygen atoms in total. The highest BCUT2D eigenvalue weighted by Crippen LogP contribution is 2.08. The van der Waals surface area contributed by atoms with Crippen molar-refractivity contribution in [3.63, 3.8) is 0 Å². The van der Waals surface area contributed by atoms with Crippen molar-refractivity contribution in [2.24, 2.45) is 0 Å². The Bertz CT molecular complexity index is 388. The predicted molar refractivity (Wildman–Crippen MR) is 97.1 cm³/mol. The minimum atomic E-state index is -1.25. The van der Waals surface area contributed by atoms with Crippen LogP contribution in [0.3, 0.4) is 0 Å². The molecular formula is C18H34N2O5. The zero-order valence-electron chi connectivity index (χ0n) is 15.3. The number of unbranched alkanes of at least 4 members (excludes halogenated alkanes) is 7. The number of hydrogen-bond donors (Lipinski definition) is 4. The summed E-state index contributed by atoms with van der Waals surface area (Å²) in [6, 6.07) is 0. The van der Waals surface area contributed by atoms with Gasteiger partial charge < -0.3 is 20.6 Å². The Morgan fingerprint density at radius 2 is 1.76 bits per heavy atom. The zero-order valence-corrected chi connectivity index (χ0v) is 15.3. The van der Waals surface area contributed by atoms with Gasteiger partial charge in [-0.3, -0.25) is 14.5 Å². The van der Waals surface area contributed by atoms with Gasteiger partial charge in [-0.15, -0.1) is 0 Å². The minimum Gasteiger partial charge on any atom is -0.480 e. The van der Waals surface area contributed by atoms with Crippen LogP contribution in [0.4, 0.5) is 0 Å². The van der Waals surface area contributed by atoms with Crippen LogP contribution in [-0.2, 0) is 9.59 Å². The summed E-state index contributed by atoms with van der Waals surface area (Å²) in [5.41, 5.74) is 0. The molecule has 25 heavy (non-hydrogen) atoms. The molecule has 146 valence electrons. The van der Waals surface area contributed by atoms with E-state index >= 15 is 0 Å². The minimum absolute atomic E-state index is 0.144. The van der Waals surface area contributed by atoms with Crippen LogP contribution in [0.5, 0.6) is 0 Å². The van der Waals surface area contributed by atoms with E-state index in [0.717, 1.165) is 12.8 Å². The number of carboxylic acids is 1. The Morgan fingerprint density at radius 3 is 2.36 bits per heavy atom. The number of aliphatic hydroxyl groups is 2. The van der Waals surface area contributed by atoms with Crippen LogP contribution < -0.4 is 5.32 Å². The molecule has 0 aliphatic carbocycles. The van der Waals surface area contributed by atoms with Gasteiger partial charge in [0, 0.05) is 13.1 Å². The van der Waals surface area contributed by atoms with Crippen molar-refractivity contribution in [1.82, 2.24) is 10.2 Å². The van der Waals surface area contributed by atoms with Crippen LogP contribution >= 0.6 is 0 Å². The smallest absolute Gasteiger partial charge is 0.317 e. The maximum Gasteiger partial charge on any atom is 0.317 e. The molecule has 0 aliphatic heterocycles. The number of carboxylic acid groups (broad SMARTS) is 1. The van der Waals surface area contributed by atoms with E-state index in [2.05, 4.69) is 12.2 Å². The first-order valence-corrected chi connectivity index (χ1v) is 9.20. The number of amides is 1. The fraction of sp³-hybridized carbons (Fsp3) is 0.778. The van der Waals surface area contributed by atoms with E-state index in [1.807, 2.05) is 6.08 Å². The molecule has 0 saturated carbocycles. The summed E-state index contributed by atoms with van der Waals surface area (Å²) < 4.78 is 0. The summed E-state index contributed by atoms with van der Waals surface area (Å²) in [4.78, 5) is 23.5. The summed E-state index contributed by atoms with van der Waals surface area (Å²) in [5, 5.41) is 29.8. The van der Waals surface area contributed by atoms with Crippen molar-refractivity contribution in [1.29, 1.82) is 0 Å². The lowest BCUT2D eigenvalue weighted by molar-refractivity contribution is -0.142. The molecule has 1 amide bonds. The Balaban J connectivity index is 3.78. The van der Waals surface area contributed by atoms with E-state index in [4.69, 9.17) is 10.2 Å². The number of carbonyl (C=O) groups is 2. The maximum atomic E-state index is 11.6. The third-order valence-electron chi connectivity index (χ3n) is 3.86. The molecule has 0 fully saturated rings. The largest absolute Gasteiger partial charge is 0.480 e. The molecule has 0 saturated heterocycles. The zero-order chi connectivity index (χ0) is 18.9. The van der Waals surface area contributed by atoms with Gasteiger partial charge in [0.15, 0.2) is 0 Å². The normalized spacial score (nSPS) is 12.6. The van der Waals surface area contributed by atoms with Gasteiger partial charge in [-0.25, -0.2) is 0 Å². The highest BCUT2D eigenvalue weighted by Gasteiger charge is 2.17. The van der Waals surface area contributed by atoms with Crippen LogP contribution in [0.25, 0.3) is 0 Å². The number of rotatable bonds is 16. The number of aliphatic carboxylic acids is 1. The lowest BCUT2D eigenvalue weighted by atomic mass is 10.1. The molecule has 0 bridgehead atoms. The van der Waals surface area contributed by atoms with Crippen molar-refractivity contribution in [2.45, 2.75) is 64.5 Å². The Kier molecular flexibility index (Phi) is 15.1. The molecule has 0 aliphatic rings. The van der Waals surface area contributed by atoms with E-state index in [0.29, 0.717) is 0 Å². The van der Waals surface area contributed by atoms with E-state index in [1.165, 1.54) is 49.5 Å². The van der Waals surface area contributed by atoms with Crippen LogP contribution in [0, 0.1) is 0 Å². The van der Waals surface area contributed by atoms with Crippen LogP contribution in [0.2, 0.25) is 0 Å². The standard InChI is InChI=1S/C18H34N2O5/c1-2-3-4-5-6-7-8-9-10-11-16(22)19-12-13-20(14-18(24)25)17(23)15-21/h10-11,17,21,23H,2-9,12-15H2,1H3,(H,19,22)(H,24,25)/b11-10+. The first kappa shape index (κ1) is 23.6. The molecule has 7 heteroatoms. The number of nitrogens with zero attached hydrogens (tertiary/aromatic N) is 1. The van der Waals surface area contributed by atoms with Gasteiger partial charge >= 0.3 is 5.97 Å². The van der Waals surface area contributed by atoms with Crippen molar-refractivity contribution < 1.29 is 24.9 Å². The number of allylic oxidation sites excluding steroid dienone is 1. The fourth-order valence-corrected chi connectivity index (χ4v) is 2.41. The second-order valence-electron chi connectivity index (χ2n) is 6.13. The van der Waals surface area contributed by atoms with Gasteiger partial charge in [0.25, 0.3) is 0 Å². The van der Waals surface area contributed by atoms with E-state index in [1.54, 1.807) is 0 Å². The summed E-state index contributed by atoms with van der Waals surface area (Å²) >= 11 is 0. The first-order valence-electron chi connectivity index (χ1n) is 9.20. The molecule has 0 aromatic heterocycles. The third-order valence-corrected chi connectivity index (χ3v) is 3.86. The monoisotopic (exact) mass is 358 g/mol. The van der Waals surface area contributed by atoms with Gasteiger partial charge in [0.1, 0.15) is 6.23 Å². The molecule has 0 aromatic carbocycles. The Labute approximate surface area is 150 Å². The van der Waals surface area contributed by atoms with E-state index in [9.17, 15) is 14.7 Å². The summed E-state index contributed by atoms with van der Waals surface area (Å²) in [6.45, 7) is 1.59. The van der Waals surface area contributed by atoms with Crippen molar-refractivity contribution in [3.05, 3.63) is 12.2 Å². The van der Waals surface area contributed by atoms with Crippen molar-refractivity contribution in [3.8, 4) is 0 Å². The average molecular weight is 358 g/mol. The van der Waals surface area contributed by atoms with Gasteiger partial charge in [-0.05, 0) is 18.9 Å². The third kappa shape index (κ3) is 14.6. The Hall–Kier alpha value is -1.44. The number of hydrogen-bond acceptors (Lipinski definition) is 5. The predicted octanol–water partition coefficient (Wildman–Crippen LogP) is 1.50. The molecule has 0 heterocycles. The van der Waals surface area contributed by atoms with E-state index < -0.39 is 25.3 Å². The summed E-state index contributed by atoms with van der Waals surface area (Å²) in [7, 11) is 0. The van der Waals surface area contributed by atoms with Crippen LogP contribution in [0.15, 0.2) is 12.2 Å². The van der Waals surface area contributed by atoms with Crippen molar-refractivity contribution >= 4 is 11.9 Å². The molecular weight excluding hydrogens is 324 g/mol. The van der Waals surface area contributed by atoms with Gasteiger partial charge in [0.2, 0.25) is 5.91 Å². The topological polar surface area (TPSA) is 110 Å². The molecule has 0 aromatic rings. The van der Waals surface area contributed by atoms with Gasteiger partial charge in [-0.2, -0.15) is 0 Å². The highest BCUT2D eigenvalue weighted by atomic mass is 16.4. The summed E-state index contributed by atoms with van der Waals surface area (Å²) in [5.74, 6) is -1.34. The second-order valence-corrected chi connectivity index (χ2v) is 6.13. The van der Waals surface area contributed by atoms with Gasteiger partial charge in [-0.1, -0.05) is 51.5 Å². The molecule has 0 radical (unpaired) electrons. The molecule has 4 N–H and O–H groups in total. The molecule has 0 spiro atoms.